The van der Waals surface area contributed by atoms with Gasteiger partial charge in [0.05, 0.1) is 0 Å². The van der Waals surface area contributed by atoms with Crippen molar-refractivity contribution >= 4 is 5.97 Å². The molecule has 0 bridgehead atoms. The van der Waals surface area contributed by atoms with Crippen molar-refractivity contribution in [2.75, 3.05) is 13.2 Å². The second-order valence-electron chi connectivity index (χ2n) is 8.34. The van der Waals surface area contributed by atoms with E-state index in [9.17, 15) is 9.90 Å². The third-order valence-corrected chi connectivity index (χ3v) is 7.01. The van der Waals surface area contributed by atoms with Gasteiger partial charge in [0.2, 0.25) is 0 Å². The van der Waals surface area contributed by atoms with Gasteiger partial charge in [0, 0.05) is 12.2 Å². The van der Waals surface area contributed by atoms with Gasteiger partial charge in [-0.25, -0.2) is 4.79 Å². The maximum Gasteiger partial charge on any atom is 0.334 e. The van der Waals surface area contributed by atoms with Crippen LogP contribution in [0.2, 0.25) is 0 Å². The fourth-order valence-corrected chi connectivity index (χ4v) is 5.70. The van der Waals surface area contributed by atoms with E-state index in [1.807, 2.05) is 6.08 Å². The predicted octanol–water partition coefficient (Wildman–Crippen LogP) is 4.02. The standard InChI is InChI=1S/C20H30O3/c1-14-5-8-17-19(2,13-21)10-4-11-20(17,3)16(14)7-6-15-9-12-23-18(15)22/h9,16-17,21H,1,4-8,10-13H2,2-3H3/t16-,17+,19-,20+/m0/s1. The van der Waals surface area contributed by atoms with Crippen molar-refractivity contribution in [3.8, 4) is 0 Å². The number of aliphatic hydroxyl groups excluding tert-OH is 1. The first-order chi connectivity index (χ1) is 10.9. The number of carbonyl (C=O) groups excluding carboxylic acids is 1. The zero-order valence-electron chi connectivity index (χ0n) is 14.6. The summed E-state index contributed by atoms with van der Waals surface area (Å²) in [6.07, 6.45) is 9.42. The predicted molar refractivity (Wildman–Crippen MR) is 90.8 cm³/mol. The van der Waals surface area contributed by atoms with Crippen LogP contribution in [-0.2, 0) is 9.53 Å². The molecule has 1 heterocycles. The Morgan fingerprint density at radius 2 is 2.17 bits per heavy atom. The molecule has 1 N–H and O–H groups in total. The van der Waals surface area contributed by atoms with Gasteiger partial charge < -0.3 is 9.84 Å². The third-order valence-electron chi connectivity index (χ3n) is 7.01. The van der Waals surface area contributed by atoms with Crippen molar-refractivity contribution in [2.45, 2.75) is 58.8 Å². The maximum atomic E-state index is 11.7. The summed E-state index contributed by atoms with van der Waals surface area (Å²) in [5.41, 5.74) is 2.42. The molecule has 3 aliphatic rings. The molecule has 0 aromatic rings. The summed E-state index contributed by atoms with van der Waals surface area (Å²) in [6, 6.07) is 0. The van der Waals surface area contributed by atoms with Crippen molar-refractivity contribution in [3.63, 3.8) is 0 Å². The fourth-order valence-electron chi connectivity index (χ4n) is 5.70. The van der Waals surface area contributed by atoms with Crippen molar-refractivity contribution in [1.29, 1.82) is 0 Å². The van der Waals surface area contributed by atoms with E-state index in [4.69, 9.17) is 4.74 Å². The Bertz CT molecular complexity index is 535. The molecule has 2 aliphatic carbocycles. The topological polar surface area (TPSA) is 46.5 Å². The molecule has 0 aromatic heterocycles. The van der Waals surface area contributed by atoms with E-state index in [0.29, 0.717) is 18.4 Å². The SMILES string of the molecule is C=C1CC[C@@H]2[C@](C)(CO)CCC[C@]2(C)[C@H]1CCC1=CCOC1=O. The minimum absolute atomic E-state index is 0.0392. The average molecular weight is 318 g/mol. The minimum atomic E-state index is -0.142. The maximum absolute atomic E-state index is 11.7. The van der Waals surface area contributed by atoms with Gasteiger partial charge >= 0.3 is 5.97 Å². The smallest absolute Gasteiger partial charge is 0.334 e. The lowest BCUT2D eigenvalue weighted by Gasteiger charge is -2.58. The molecule has 2 fully saturated rings. The molecule has 0 amide bonds. The highest BCUT2D eigenvalue weighted by molar-refractivity contribution is 5.90. The van der Waals surface area contributed by atoms with Crippen LogP contribution in [0.25, 0.3) is 0 Å². The summed E-state index contributed by atoms with van der Waals surface area (Å²) in [4.78, 5) is 11.7. The highest BCUT2D eigenvalue weighted by Crippen LogP contribution is 2.61. The molecule has 0 aromatic carbocycles. The van der Waals surface area contributed by atoms with Crippen LogP contribution < -0.4 is 0 Å². The lowest BCUT2D eigenvalue weighted by atomic mass is 9.47. The number of fused-ring (bicyclic) bond motifs is 1. The van der Waals surface area contributed by atoms with Crippen molar-refractivity contribution < 1.29 is 14.6 Å². The number of hydrogen-bond donors (Lipinski definition) is 1. The first-order valence-electron chi connectivity index (χ1n) is 9.05. The number of allylic oxidation sites excluding steroid dienone is 1. The first-order valence-corrected chi connectivity index (χ1v) is 9.05. The summed E-state index contributed by atoms with van der Waals surface area (Å²) in [5, 5.41) is 10.0. The van der Waals surface area contributed by atoms with Gasteiger partial charge in [0.15, 0.2) is 0 Å². The summed E-state index contributed by atoms with van der Waals surface area (Å²) < 4.78 is 5.03. The van der Waals surface area contributed by atoms with Crippen LogP contribution in [0.4, 0.5) is 0 Å². The van der Waals surface area contributed by atoms with Crippen LogP contribution in [0.3, 0.4) is 0 Å². The lowest BCUT2D eigenvalue weighted by molar-refractivity contribution is -0.136. The molecule has 0 radical (unpaired) electrons. The number of hydrogen-bond acceptors (Lipinski definition) is 3. The number of aliphatic hydroxyl groups is 1. The van der Waals surface area contributed by atoms with Crippen LogP contribution >= 0.6 is 0 Å². The summed E-state index contributed by atoms with van der Waals surface area (Å²) in [5.74, 6) is 0.854. The second-order valence-corrected chi connectivity index (χ2v) is 8.34. The minimum Gasteiger partial charge on any atom is -0.458 e. The number of esters is 1. The molecule has 0 spiro atoms. The zero-order valence-corrected chi connectivity index (χ0v) is 14.6. The van der Waals surface area contributed by atoms with Crippen molar-refractivity contribution in [1.82, 2.24) is 0 Å². The monoisotopic (exact) mass is 318 g/mol. The zero-order chi connectivity index (χ0) is 16.7. The molecule has 3 rings (SSSR count). The molecule has 2 saturated carbocycles. The van der Waals surface area contributed by atoms with Gasteiger partial charge in [-0.15, -0.1) is 0 Å². The number of rotatable bonds is 4. The first kappa shape index (κ1) is 16.8. The fraction of sp³-hybridized carbons (Fsp3) is 0.750. The van der Waals surface area contributed by atoms with Gasteiger partial charge in [-0.3, -0.25) is 0 Å². The van der Waals surface area contributed by atoms with Crippen LogP contribution in [0.15, 0.2) is 23.8 Å². The molecule has 3 nitrogen and oxygen atoms in total. The molecular weight excluding hydrogens is 288 g/mol. The van der Waals surface area contributed by atoms with Gasteiger partial charge in [0.25, 0.3) is 0 Å². The van der Waals surface area contributed by atoms with Crippen LogP contribution in [0, 0.1) is 22.7 Å². The highest BCUT2D eigenvalue weighted by Gasteiger charge is 2.54. The van der Waals surface area contributed by atoms with E-state index in [-0.39, 0.29) is 23.4 Å². The van der Waals surface area contributed by atoms with E-state index in [2.05, 4.69) is 20.4 Å². The van der Waals surface area contributed by atoms with Crippen LogP contribution in [-0.4, -0.2) is 24.3 Å². The van der Waals surface area contributed by atoms with E-state index in [1.54, 1.807) is 0 Å². The van der Waals surface area contributed by atoms with Crippen LogP contribution in [0.1, 0.15) is 58.8 Å². The normalized spacial score (nSPS) is 40.6. The summed E-state index contributed by atoms with van der Waals surface area (Å²) in [7, 11) is 0. The summed E-state index contributed by atoms with van der Waals surface area (Å²) in [6.45, 7) is 9.75. The highest BCUT2D eigenvalue weighted by atomic mass is 16.5. The Morgan fingerprint density at radius 1 is 1.39 bits per heavy atom. The average Bonchev–Trinajstić information content (AvgIpc) is 2.91. The van der Waals surface area contributed by atoms with Crippen molar-refractivity contribution in [3.05, 3.63) is 23.8 Å². The Kier molecular flexibility index (Phi) is 4.43. The molecule has 4 atom stereocenters. The lowest BCUT2D eigenvalue weighted by Crippen LogP contribution is -2.51. The number of ether oxygens (including phenoxy) is 1. The number of carbonyl (C=O) groups is 1. The van der Waals surface area contributed by atoms with Crippen molar-refractivity contribution in [2.24, 2.45) is 22.7 Å². The van der Waals surface area contributed by atoms with Gasteiger partial charge in [0.1, 0.15) is 6.61 Å². The molecule has 0 saturated heterocycles. The Hall–Kier alpha value is -1.09. The van der Waals surface area contributed by atoms with Gasteiger partial charge in [-0.05, 0) is 67.3 Å². The summed E-state index contributed by atoms with van der Waals surface area (Å²) >= 11 is 0. The van der Waals surface area contributed by atoms with E-state index in [1.165, 1.54) is 18.4 Å². The van der Waals surface area contributed by atoms with Crippen LogP contribution in [0.5, 0.6) is 0 Å². The van der Waals surface area contributed by atoms with Gasteiger partial charge in [-0.2, -0.15) is 0 Å². The molecule has 128 valence electrons. The second kappa shape index (κ2) is 6.08. The molecule has 3 heteroatoms. The van der Waals surface area contributed by atoms with E-state index >= 15 is 0 Å². The molecule has 0 unspecified atom stereocenters. The van der Waals surface area contributed by atoms with E-state index in [0.717, 1.165) is 37.7 Å². The molecule has 23 heavy (non-hydrogen) atoms. The Balaban J connectivity index is 1.80. The van der Waals surface area contributed by atoms with Gasteiger partial charge in [-0.1, -0.05) is 32.4 Å². The quantitative estimate of drug-likeness (QED) is 0.629. The Labute approximate surface area is 139 Å². The third kappa shape index (κ3) is 2.77. The number of cyclic esters (lactones) is 1. The largest absolute Gasteiger partial charge is 0.458 e. The Morgan fingerprint density at radius 3 is 2.83 bits per heavy atom. The van der Waals surface area contributed by atoms with E-state index < -0.39 is 0 Å². The molecule has 1 aliphatic heterocycles. The molecular formula is C20H30O3.